The monoisotopic (exact) mass is 638 g/mol. The summed E-state index contributed by atoms with van der Waals surface area (Å²) in [6.07, 6.45) is 2.01. The highest BCUT2D eigenvalue weighted by atomic mass is 35.5. The molecule has 0 aliphatic carbocycles. The topological polar surface area (TPSA) is 94.4 Å². The van der Waals surface area contributed by atoms with Crippen LogP contribution in [0.4, 0.5) is 4.79 Å². The van der Waals surface area contributed by atoms with Gasteiger partial charge in [0.25, 0.3) is 0 Å². The fraction of sp³-hybridized carbons (Fsp3) is 0.333. The van der Waals surface area contributed by atoms with Gasteiger partial charge in [0, 0.05) is 28.3 Å². The van der Waals surface area contributed by atoms with E-state index in [4.69, 9.17) is 21.1 Å². The summed E-state index contributed by atoms with van der Waals surface area (Å²) in [6, 6.07) is 29.2. The van der Waals surface area contributed by atoms with Crippen molar-refractivity contribution in [1.82, 2.24) is 30.4 Å². The summed E-state index contributed by atoms with van der Waals surface area (Å²) in [7, 11) is 1.70. The van der Waals surface area contributed by atoms with Crippen LogP contribution in [0.15, 0.2) is 102 Å². The third-order valence-corrected chi connectivity index (χ3v) is 9.40. The number of carbonyl (C=O) groups is 1. The largest absolute Gasteiger partial charge is 0.513 e. The van der Waals surface area contributed by atoms with Crippen molar-refractivity contribution in [2.24, 2.45) is 7.05 Å². The molecule has 6 rings (SSSR count). The summed E-state index contributed by atoms with van der Waals surface area (Å²) in [6.45, 7) is 6.81. The second-order valence-corrected chi connectivity index (χ2v) is 12.3. The van der Waals surface area contributed by atoms with E-state index in [-0.39, 0.29) is 12.0 Å². The molecule has 9 nitrogen and oxygen atoms in total. The van der Waals surface area contributed by atoms with Crippen molar-refractivity contribution >= 4 is 23.3 Å². The Morgan fingerprint density at radius 3 is 2.17 bits per heavy atom. The molecule has 2 aliphatic rings. The van der Waals surface area contributed by atoms with Crippen LogP contribution in [0, 0.1) is 0 Å². The molecule has 3 heterocycles. The lowest BCUT2D eigenvalue weighted by molar-refractivity contribution is 0.0681. The number of rotatable bonds is 9. The van der Waals surface area contributed by atoms with Gasteiger partial charge in [-0.3, -0.25) is 0 Å². The van der Waals surface area contributed by atoms with Gasteiger partial charge in [0.15, 0.2) is 0 Å². The molecule has 1 aromatic heterocycles. The Kier molecular flexibility index (Phi) is 9.51. The van der Waals surface area contributed by atoms with E-state index in [0.717, 1.165) is 49.3 Å². The summed E-state index contributed by atoms with van der Waals surface area (Å²) in [5, 5.41) is 16.5. The molecule has 238 valence electrons. The van der Waals surface area contributed by atoms with Gasteiger partial charge in [-0.15, -0.1) is 10.2 Å². The second kappa shape index (κ2) is 13.9. The van der Waals surface area contributed by atoms with Crippen molar-refractivity contribution in [3.8, 4) is 0 Å². The molecule has 0 saturated carbocycles. The molecule has 0 amide bonds. The van der Waals surface area contributed by atoms with Crippen LogP contribution in [0.2, 0.25) is 5.02 Å². The summed E-state index contributed by atoms with van der Waals surface area (Å²) < 4.78 is 11.5. The van der Waals surface area contributed by atoms with Crippen LogP contribution >= 0.6 is 11.6 Å². The lowest BCUT2D eigenvalue weighted by atomic mass is 9.68. The van der Waals surface area contributed by atoms with Gasteiger partial charge in [-0.05, 0) is 74.2 Å². The predicted molar refractivity (Wildman–Crippen MR) is 178 cm³/mol. The van der Waals surface area contributed by atoms with Gasteiger partial charge in [-0.25, -0.2) is 4.79 Å². The minimum absolute atomic E-state index is 0.00361. The number of aromatic nitrogens is 4. The quantitative estimate of drug-likeness (QED) is 0.157. The van der Waals surface area contributed by atoms with Gasteiger partial charge >= 0.3 is 6.16 Å². The highest BCUT2D eigenvalue weighted by Gasteiger charge is 2.38. The number of benzene rings is 3. The van der Waals surface area contributed by atoms with Gasteiger partial charge in [-0.1, -0.05) is 90.5 Å². The van der Waals surface area contributed by atoms with Crippen LogP contribution < -0.4 is 5.32 Å². The lowest BCUT2D eigenvalue weighted by Gasteiger charge is -2.43. The molecule has 4 aromatic rings. The number of nitrogens with one attached hydrogen (secondary N) is 1. The van der Waals surface area contributed by atoms with E-state index in [9.17, 15) is 4.79 Å². The van der Waals surface area contributed by atoms with Crippen LogP contribution in [0.3, 0.4) is 0 Å². The molecule has 3 aromatic carbocycles. The summed E-state index contributed by atoms with van der Waals surface area (Å²) in [5.41, 5.74) is 5.73. The smallest absolute Gasteiger partial charge is 0.434 e. The fourth-order valence-electron chi connectivity index (χ4n) is 6.78. The number of ether oxygens (including phenoxy) is 2. The Hall–Kier alpha value is -4.47. The van der Waals surface area contributed by atoms with Crippen molar-refractivity contribution in [2.75, 3.05) is 26.2 Å². The molecule has 46 heavy (non-hydrogen) atoms. The molecule has 1 unspecified atom stereocenters. The van der Waals surface area contributed by atoms with Crippen LogP contribution in [0.5, 0.6) is 0 Å². The molecule has 1 N–H and O–H groups in total. The lowest BCUT2D eigenvalue weighted by Crippen LogP contribution is -2.43. The maximum absolute atomic E-state index is 13.1. The summed E-state index contributed by atoms with van der Waals surface area (Å²) in [5.74, 6) is 0.277. The molecular formula is C36H39ClN6O3. The summed E-state index contributed by atoms with van der Waals surface area (Å²) >= 11 is 6.67. The minimum atomic E-state index is -0.759. The Labute approximate surface area is 274 Å². The van der Waals surface area contributed by atoms with Crippen molar-refractivity contribution in [3.63, 3.8) is 0 Å². The van der Waals surface area contributed by atoms with E-state index in [0.29, 0.717) is 28.7 Å². The van der Waals surface area contributed by atoms with E-state index >= 15 is 0 Å². The fourth-order valence-corrected chi connectivity index (χ4v) is 7.03. The molecule has 1 atom stereocenters. The highest BCUT2D eigenvalue weighted by molar-refractivity contribution is 6.31. The van der Waals surface area contributed by atoms with Crippen LogP contribution in [0.1, 0.15) is 61.5 Å². The van der Waals surface area contributed by atoms with Crippen molar-refractivity contribution in [2.45, 2.75) is 44.4 Å². The Balaban J connectivity index is 1.08. The Morgan fingerprint density at radius 2 is 1.57 bits per heavy atom. The maximum atomic E-state index is 13.1. The van der Waals surface area contributed by atoms with Gasteiger partial charge in [-0.2, -0.15) is 4.80 Å². The molecule has 0 spiro atoms. The number of hydrogen-bond acceptors (Lipinski definition) is 8. The minimum Gasteiger partial charge on any atom is -0.434 e. The molecule has 0 radical (unpaired) electrons. The number of nitrogens with zero attached hydrogens (tertiary/aromatic N) is 5. The number of piperidine rings is 1. The number of likely N-dealkylation sites (tertiary alicyclic amines) is 1. The van der Waals surface area contributed by atoms with E-state index in [1.165, 1.54) is 15.9 Å². The average Bonchev–Trinajstić information content (AvgIpc) is 3.51. The highest BCUT2D eigenvalue weighted by Crippen LogP contribution is 2.45. The number of halogens is 1. The van der Waals surface area contributed by atoms with Gasteiger partial charge in [0.05, 0.1) is 25.3 Å². The van der Waals surface area contributed by atoms with Crippen molar-refractivity contribution < 1.29 is 14.3 Å². The molecule has 10 heteroatoms. The van der Waals surface area contributed by atoms with E-state index in [2.05, 4.69) is 86.3 Å². The standard InChI is InChI=1S/C36H39ClN6O3/c1-25-31(34-39-41-42(3)40-34)32(29-17-10-11-18-30(29)37)33(26(2)38-25)46-35(44)45-24-12-21-43-22-19-36(20-23-43,27-13-6-4-7-14-27)28-15-8-5-9-16-28/h4-11,13-18,32,38H,12,19-24H2,1-3H3. The molecular weight excluding hydrogens is 600 g/mol. The third kappa shape index (κ3) is 6.57. The number of aryl methyl sites for hydroxylation is 1. The zero-order valence-electron chi connectivity index (χ0n) is 26.4. The Bertz CT molecular complexity index is 1690. The van der Waals surface area contributed by atoms with Gasteiger partial charge < -0.3 is 19.7 Å². The SMILES string of the molecule is CC1=C(OC(=O)OCCCN2CCC(c3ccccc3)(c3ccccc3)CC2)C(c2ccccc2Cl)C(c2nnn(C)n2)=C(C)N1. The first-order chi connectivity index (χ1) is 22.4. The van der Waals surface area contributed by atoms with Crippen LogP contribution in [0.25, 0.3) is 5.57 Å². The number of carbonyl (C=O) groups excluding carboxylic acids is 1. The predicted octanol–water partition coefficient (Wildman–Crippen LogP) is 6.84. The average molecular weight is 639 g/mol. The number of allylic oxidation sites excluding steroid dienone is 3. The number of dihydropyridines is 1. The van der Waals surface area contributed by atoms with Crippen LogP contribution in [-0.2, 0) is 21.9 Å². The first kappa shape index (κ1) is 31.5. The molecule has 1 saturated heterocycles. The molecule has 0 bridgehead atoms. The zero-order chi connectivity index (χ0) is 32.1. The third-order valence-electron chi connectivity index (χ3n) is 9.06. The van der Waals surface area contributed by atoms with E-state index in [1.807, 2.05) is 38.1 Å². The number of tetrazole rings is 1. The molecule has 1 fully saturated rings. The number of hydrogen-bond donors (Lipinski definition) is 1. The summed E-state index contributed by atoms with van der Waals surface area (Å²) in [4.78, 5) is 16.9. The Morgan fingerprint density at radius 1 is 0.935 bits per heavy atom. The van der Waals surface area contributed by atoms with Gasteiger partial charge in [0.2, 0.25) is 5.82 Å². The van der Waals surface area contributed by atoms with Crippen LogP contribution in [-0.4, -0.2) is 57.5 Å². The first-order valence-corrected chi connectivity index (χ1v) is 16.1. The van der Waals surface area contributed by atoms with Crippen molar-refractivity contribution in [3.05, 3.63) is 130 Å². The van der Waals surface area contributed by atoms with Gasteiger partial charge in [0.1, 0.15) is 5.76 Å². The normalized spacial score (nSPS) is 18.3. The molecule has 2 aliphatic heterocycles. The van der Waals surface area contributed by atoms with E-state index in [1.54, 1.807) is 7.05 Å². The zero-order valence-corrected chi connectivity index (χ0v) is 27.2. The van der Waals surface area contributed by atoms with E-state index < -0.39 is 12.1 Å². The first-order valence-electron chi connectivity index (χ1n) is 15.7. The van der Waals surface area contributed by atoms with Crippen molar-refractivity contribution in [1.29, 1.82) is 0 Å². The maximum Gasteiger partial charge on any atom is 0.513 e. The second-order valence-electron chi connectivity index (χ2n) is 11.9.